The van der Waals surface area contributed by atoms with Gasteiger partial charge in [-0.05, 0) is 75.7 Å². The van der Waals surface area contributed by atoms with Gasteiger partial charge in [0.05, 0.1) is 12.2 Å². The number of amides is 2. The highest BCUT2D eigenvalue weighted by molar-refractivity contribution is 6.06. The number of ether oxygens (including phenoxy) is 3. The average molecular weight is 579 g/mol. The Hall–Kier alpha value is -4.02. The third-order valence-electron chi connectivity index (χ3n) is 6.78. The van der Waals surface area contributed by atoms with Crippen molar-refractivity contribution < 1.29 is 28.2 Å². The third-order valence-corrected chi connectivity index (χ3v) is 6.78. The SMILES string of the molecule is COCCN(C(=O)c1ccc(Oc2ccc(F)cc2)nc1)c1ccc(CN2CCN(C(=O)OC(C)(C)C)[C@@H](C)C2)cc1. The summed E-state index contributed by atoms with van der Waals surface area (Å²) in [5.74, 6) is 0.178. The van der Waals surface area contributed by atoms with Crippen molar-refractivity contribution in [3.05, 3.63) is 83.8 Å². The fraction of sp³-hybridized carbons (Fsp3) is 0.406. The van der Waals surface area contributed by atoms with Gasteiger partial charge >= 0.3 is 6.09 Å². The Morgan fingerprint density at radius 2 is 1.74 bits per heavy atom. The lowest BCUT2D eigenvalue weighted by molar-refractivity contribution is 0.000549. The molecule has 0 unspecified atom stereocenters. The Morgan fingerprint density at radius 1 is 1.02 bits per heavy atom. The van der Waals surface area contributed by atoms with E-state index in [1.54, 1.807) is 29.0 Å². The van der Waals surface area contributed by atoms with E-state index in [0.29, 0.717) is 36.9 Å². The molecule has 3 aromatic rings. The van der Waals surface area contributed by atoms with Crippen molar-refractivity contribution in [2.24, 2.45) is 0 Å². The molecule has 42 heavy (non-hydrogen) atoms. The summed E-state index contributed by atoms with van der Waals surface area (Å²) >= 11 is 0. The van der Waals surface area contributed by atoms with Crippen LogP contribution in [-0.4, -0.2) is 78.3 Å². The van der Waals surface area contributed by atoms with Crippen LogP contribution in [0.3, 0.4) is 0 Å². The molecule has 0 saturated carbocycles. The molecule has 0 N–H and O–H groups in total. The van der Waals surface area contributed by atoms with Gasteiger partial charge in [-0.25, -0.2) is 14.2 Å². The van der Waals surface area contributed by atoms with Gasteiger partial charge in [-0.1, -0.05) is 12.1 Å². The number of aromatic nitrogens is 1. The van der Waals surface area contributed by atoms with E-state index in [2.05, 4.69) is 9.88 Å². The minimum absolute atomic E-state index is 0.0381. The maximum Gasteiger partial charge on any atom is 0.410 e. The summed E-state index contributed by atoms with van der Waals surface area (Å²) in [6.07, 6.45) is 1.19. The lowest BCUT2D eigenvalue weighted by Gasteiger charge is -2.40. The molecular weight excluding hydrogens is 539 g/mol. The van der Waals surface area contributed by atoms with E-state index in [1.807, 2.05) is 52.0 Å². The Kier molecular flexibility index (Phi) is 10.1. The van der Waals surface area contributed by atoms with E-state index in [1.165, 1.54) is 30.5 Å². The van der Waals surface area contributed by atoms with Crippen molar-refractivity contribution in [2.75, 3.05) is 44.8 Å². The van der Waals surface area contributed by atoms with Crippen molar-refractivity contribution in [1.29, 1.82) is 0 Å². The van der Waals surface area contributed by atoms with Gasteiger partial charge in [-0.2, -0.15) is 0 Å². The number of anilines is 1. The van der Waals surface area contributed by atoms with E-state index < -0.39 is 5.60 Å². The van der Waals surface area contributed by atoms with Crippen LogP contribution in [0.15, 0.2) is 66.9 Å². The molecule has 2 amide bonds. The van der Waals surface area contributed by atoms with Crippen LogP contribution in [0, 0.1) is 5.82 Å². The normalized spacial score (nSPS) is 15.8. The molecule has 10 heteroatoms. The Labute approximate surface area is 246 Å². The Bertz CT molecular complexity index is 1330. The number of piperazine rings is 1. The summed E-state index contributed by atoms with van der Waals surface area (Å²) in [6, 6.07) is 16.8. The summed E-state index contributed by atoms with van der Waals surface area (Å²) in [7, 11) is 1.60. The van der Waals surface area contributed by atoms with E-state index in [9.17, 15) is 14.0 Å². The molecule has 1 aliphatic heterocycles. The van der Waals surface area contributed by atoms with Crippen LogP contribution < -0.4 is 9.64 Å². The van der Waals surface area contributed by atoms with E-state index >= 15 is 0 Å². The van der Waals surface area contributed by atoms with Gasteiger partial charge in [-0.15, -0.1) is 0 Å². The van der Waals surface area contributed by atoms with Gasteiger partial charge in [0, 0.05) is 63.8 Å². The molecule has 2 aromatic carbocycles. The molecule has 1 atom stereocenters. The Morgan fingerprint density at radius 3 is 2.33 bits per heavy atom. The van der Waals surface area contributed by atoms with Crippen LogP contribution in [0.2, 0.25) is 0 Å². The van der Waals surface area contributed by atoms with Gasteiger partial charge in [0.25, 0.3) is 5.91 Å². The molecule has 1 aromatic heterocycles. The number of pyridine rings is 1. The zero-order valence-corrected chi connectivity index (χ0v) is 24.9. The zero-order valence-electron chi connectivity index (χ0n) is 24.9. The highest BCUT2D eigenvalue weighted by atomic mass is 19.1. The lowest BCUT2D eigenvalue weighted by Crippen LogP contribution is -2.54. The number of methoxy groups -OCH3 is 1. The minimum Gasteiger partial charge on any atom is -0.444 e. The highest BCUT2D eigenvalue weighted by Crippen LogP contribution is 2.23. The van der Waals surface area contributed by atoms with Crippen LogP contribution in [-0.2, 0) is 16.0 Å². The first-order chi connectivity index (χ1) is 20.0. The topological polar surface area (TPSA) is 84.4 Å². The van der Waals surface area contributed by atoms with E-state index in [-0.39, 0.29) is 23.9 Å². The number of hydrogen-bond donors (Lipinski definition) is 0. The smallest absolute Gasteiger partial charge is 0.410 e. The number of carbonyl (C=O) groups excluding carboxylic acids is 2. The van der Waals surface area contributed by atoms with Gasteiger partial charge in [0.2, 0.25) is 5.88 Å². The van der Waals surface area contributed by atoms with Gasteiger partial charge in [0.15, 0.2) is 0 Å². The molecule has 0 bridgehead atoms. The lowest BCUT2D eigenvalue weighted by atomic mass is 10.1. The summed E-state index contributed by atoms with van der Waals surface area (Å²) in [5, 5.41) is 0. The fourth-order valence-corrected chi connectivity index (χ4v) is 4.68. The third kappa shape index (κ3) is 8.50. The van der Waals surface area contributed by atoms with Crippen LogP contribution in [0.1, 0.15) is 43.6 Å². The van der Waals surface area contributed by atoms with Crippen LogP contribution in [0.4, 0.5) is 14.9 Å². The predicted octanol–water partition coefficient (Wildman–Crippen LogP) is 5.75. The van der Waals surface area contributed by atoms with Gasteiger partial charge in [-0.3, -0.25) is 9.69 Å². The van der Waals surface area contributed by atoms with Crippen molar-refractivity contribution in [2.45, 2.75) is 45.9 Å². The molecule has 4 rings (SSSR count). The van der Waals surface area contributed by atoms with Crippen LogP contribution in [0.5, 0.6) is 11.6 Å². The molecule has 9 nitrogen and oxygen atoms in total. The standard InChI is InChI=1S/C32H39FN4O5/c1-23-21-35(16-17-36(23)31(39)42-32(2,3)4)22-24-6-11-27(12-7-24)37(18-19-40-5)30(38)25-8-15-29(34-20-25)41-28-13-9-26(33)10-14-28/h6-15,20,23H,16-19,21-22H2,1-5H3/t23-/m0/s1. The highest BCUT2D eigenvalue weighted by Gasteiger charge is 2.30. The first kappa shape index (κ1) is 30.9. The van der Waals surface area contributed by atoms with E-state index in [4.69, 9.17) is 14.2 Å². The number of rotatable bonds is 9. The molecule has 0 spiro atoms. The quantitative estimate of drug-likeness (QED) is 0.320. The molecule has 1 aliphatic rings. The summed E-state index contributed by atoms with van der Waals surface area (Å²) in [5.41, 5.74) is 1.74. The molecule has 0 radical (unpaired) electrons. The fourth-order valence-electron chi connectivity index (χ4n) is 4.68. The molecular formula is C32H39FN4O5. The Balaban J connectivity index is 1.38. The van der Waals surface area contributed by atoms with Crippen molar-refractivity contribution in [3.63, 3.8) is 0 Å². The first-order valence-electron chi connectivity index (χ1n) is 14.0. The second-order valence-electron chi connectivity index (χ2n) is 11.3. The molecule has 2 heterocycles. The van der Waals surface area contributed by atoms with Gasteiger partial charge in [0.1, 0.15) is 17.2 Å². The number of hydrogen-bond acceptors (Lipinski definition) is 7. The second kappa shape index (κ2) is 13.8. The number of benzene rings is 2. The second-order valence-corrected chi connectivity index (χ2v) is 11.3. The molecule has 1 fully saturated rings. The predicted molar refractivity (Wildman–Crippen MR) is 158 cm³/mol. The molecule has 1 saturated heterocycles. The summed E-state index contributed by atoms with van der Waals surface area (Å²) in [6.45, 7) is 11.2. The van der Waals surface area contributed by atoms with Crippen LogP contribution >= 0.6 is 0 Å². The monoisotopic (exact) mass is 578 g/mol. The number of halogens is 1. The maximum atomic E-state index is 13.5. The van der Waals surface area contributed by atoms with Gasteiger partial charge < -0.3 is 24.0 Å². The number of carbonyl (C=O) groups is 2. The largest absolute Gasteiger partial charge is 0.444 e. The van der Waals surface area contributed by atoms with Crippen LogP contribution in [0.25, 0.3) is 0 Å². The first-order valence-corrected chi connectivity index (χ1v) is 14.0. The van der Waals surface area contributed by atoms with Crippen molar-refractivity contribution in [1.82, 2.24) is 14.8 Å². The average Bonchev–Trinajstić information content (AvgIpc) is 2.94. The number of nitrogens with zero attached hydrogens (tertiary/aromatic N) is 4. The van der Waals surface area contributed by atoms with Crippen molar-refractivity contribution >= 4 is 17.7 Å². The summed E-state index contributed by atoms with van der Waals surface area (Å²) < 4.78 is 29.6. The molecule has 224 valence electrons. The van der Waals surface area contributed by atoms with E-state index in [0.717, 1.165) is 30.9 Å². The van der Waals surface area contributed by atoms with Crippen molar-refractivity contribution in [3.8, 4) is 11.6 Å². The maximum absolute atomic E-state index is 13.5. The zero-order chi connectivity index (χ0) is 30.3. The minimum atomic E-state index is -0.520. The summed E-state index contributed by atoms with van der Waals surface area (Å²) in [4.78, 5) is 36.0. The molecule has 0 aliphatic carbocycles.